The van der Waals surface area contributed by atoms with Crippen molar-refractivity contribution in [3.63, 3.8) is 0 Å². The van der Waals surface area contributed by atoms with Gasteiger partial charge in [0.1, 0.15) is 0 Å². The van der Waals surface area contributed by atoms with Crippen LogP contribution >= 0.6 is 0 Å². The number of hydrogen-bond acceptors (Lipinski definition) is 4. The summed E-state index contributed by atoms with van der Waals surface area (Å²) in [6.07, 6.45) is 0.977. The Bertz CT molecular complexity index is 599. The molecule has 0 saturated heterocycles. The molecular weight excluding hydrogens is 276 g/mol. The second-order valence-electron chi connectivity index (χ2n) is 5.21. The average molecular weight is 300 g/mol. The zero-order valence-electron chi connectivity index (χ0n) is 13.6. The fraction of sp³-hybridized carbons (Fsp3) is 0.389. The number of hydrogen-bond donors (Lipinski definition) is 1. The topological polar surface area (TPSA) is 43.4 Å². The molecule has 0 radical (unpaired) electrons. The maximum Gasteiger partial charge on any atom is 0.161 e. The van der Waals surface area contributed by atoms with E-state index >= 15 is 0 Å². The molecule has 4 nitrogen and oxygen atoms in total. The number of nitrogens with one attached hydrogen (secondary N) is 1. The predicted octanol–water partition coefficient (Wildman–Crippen LogP) is 3.48. The summed E-state index contributed by atoms with van der Waals surface area (Å²) in [4.78, 5) is 4.48. The smallest absolute Gasteiger partial charge is 0.161 e. The molecule has 0 aliphatic rings. The van der Waals surface area contributed by atoms with Crippen molar-refractivity contribution >= 4 is 0 Å². The van der Waals surface area contributed by atoms with Gasteiger partial charge in [0.25, 0.3) is 0 Å². The zero-order valence-corrected chi connectivity index (χ0v) is 13.6. The van der Waals surface area contributed by atoms with Crippen LogP contribution in [0.1, 0.15) is 30.3 Å². The maximum absolute atomic E-state index is 5.73. The molecule has 0 aliphatic carbocycles. The lowest BCUT2D eigenvalue weighted by Gasteiger charge is -2.12. The monoisotopic (exact) mass is 300 g/mol. The molecule has 0 amide bonds. The van der Waals surface area contributed by atoms with Gasteiger partial charge in [-0.1, -0.05) is 19.1 Å². The molecule has 0 unspecified atom stereocenters. The number of benzene rings is 1. The third-order valence-electron chi connectivity index (χ3n) is 3.27. The molecule has 0 atom stereocenters. The van der Waals surface area contributed by atoms with Crippen molar-refractivity contribution in [2.45, 2.75) is 33.4 Å². The van der Waals surface area contributed by atoms with Gasteiger partial charge in [0.05, 0.1) is 19.4 Å². The molecule has 1 aromatic carbocycles. The number of rotatable bonds is 8. The Labute approximate surface area is 132 Å². The van der Waals surface area contributed by atoms with Crippen molar-refractivity contribution in [1.29, 1.82) is 0 Å². The number of pyridine rings is 1. The Balaban J connectivity index is 1.94. The summed E-state index contributed by atoms with van der Waals surface area (Å²) in [5.74, 6) is 1.58. The molecule has 118 valence electrons. The number of nitrogens with zero attached hydrogens (tertiary/aromatic N) is 1. The zero-order chi connectivity index (χ0) is 15.8. The molecule has 2 aromatic rings. The molecular formula is C18H24N2O2. The molecule has 0 fully saturated rings. The standard InChI is InChI=1S/C18H24N2O2/c1-4-10-22-18-11-15(8-9-17(18)21-3)12-19-13-16-7-5-6-14(2)20-16/h5-9,11,19H,4,10,12-13H2,1-3H3. The predicted molar refractivity (Wildman–Crippen MR) is 88.3 cm³/mol. The van der Waals surface area contributed by atoms with E-state index in [1.807, 2.05) is 43.3 Å². The van der Waals surface area contributed by atoms with Gasteiger partial charge in [0.15, 0.2) is 11.5 Å². The molecule has 1 aromatic heterocycles. The third kappa shape index (κ3) is 4.74. The Kier molecular flexibility index (Phi) is 6.22. The number of ether oxygens (including phenoxy) is 2. The Morgan fingerprint density at radius 1 is 1.09 bits per heavy atom. The summed E-state index contributed by atoms with van der Waals surface area (Å²) in [5, 5.41) is 3.41. The summed E-state index contributed by atoms with van der Waals surface area (Å²) in [7, 11) is 1.66. The van der Waals surface area contributed by atoms with E-state index in [0.717, 1.165) is 42.4 Å². The second-order valence-corrected chi connectivity index (χ2v) is 5.21. The lowest BCUT2D eigenvalue weighted by molar-refractivity contribution is 0.294. The van der Waals surface area contributed by atoms with Gasteiger partial charge in [0, 0.05) is 18.8 Å². The lowest BCUT2D eigenvalue weighted by Crippen LogP contribution is -2.14. The second kappa shape index (κ2) is 8.39. The Morgan fingerprint density at radius 3 is 2.68 bits per heavy atom. The third-order valence-corrected chi connectivity index (χ3v) is 3.27. The number of aryl methyl sites for hydroxylation is 1. The van der Waals surface area contributed by atoms with Gasteiger partial charge < -0.3 is 14.8 Å². The van der Waals surface area contributed by atoms with Crippen molar-refractivity contribution in [3.05, 3.63) is 53.3 Å². The largest absolute Gasteiger partial charge is 0.493 e. The molecule has 1 heterocycles. The minimum absolute atomic E-state index is 0.695. The first-order valence-corrected chi connectivity index (χ1v) is 7.66. The van der Waals surface area contributed by atoms with Crippen LogP contribution in [0.3, 0.4) is 0 Å². The molecule has 0 spiro atoms. The van der Waals surface area contributed by atoms with Crippen LogP contribution in [0.25, 0.3) is 0 Å². The highest BCUT2D eigenvalue weighted by Gasteiger charge is 2.05. The van der Waals surface area contributed by atoms with Crippen LogP contribution in [0.15, 0.2) is 36.4 Å². The summed E-state index contributed by atoms with van der Waals surface area (Å²) >= 11 is 0. The van der Waals surface area contributed by atoms with Gasteiger partial charge >= 0.3 is 0 Å². The highest BCUT2D eigenvalue weighted by molar-refractivity contribution is 5.42. The van der Waals surface area contributed by atoms with Gasteiger partial charge in [-0.05, 0) is 43.2 Å². The average Bonchev–Trinajstić information content (AvgIpc) is 2.53. The quantitative estimate of drug-likeness (QED) is 0.810. The molecule has 0 bridgehead atoms. The summed E-state index contributed by atoms with van der Waals surface area (Å²) in [6, 6.07) is 12.1. The van der Waals surface area contributed by atoms with E-state index in [-0.39, 0.29) is 0 Å². The van der Waals surface area contributed by atoms with Crippen LogP contribution in [0.2, 0.25) is 0 Å². The molecule has 0 saturated carbocycles. The van der Waals surface area contributed by atoms with Crippen molar-refractivity contribution in [1.82, 2.24) is 10.3 Å². The molecule has 1 N–H and O–H groups in total. The fourth-order valence-electron chi connectivity index (χ4n) is 2.19. The van der Waals surface area contributed by atoms with Gasteiger partial charge in [-0.3, -0.25) is 4.98 Å². The van der Waals surface area contributed by atoms with E-state index < -0.39 is 0 Å². The first kappa shape index (κ1) is 16.3. The van der Waals surface area contributed by atoms with Crippen LogP contribution in [0.5, 0.6) is 11.5 Å². The van der Waals surface area contributed by atoms with E-state index in [0.29, 0.717) is 6.61 Å². The highest BCUT2D eigenvalue weighted by atomic mass is 16.5. The van der Waals surface area contributed by atoms with E-state index in [1.165, 1.54) is 5.56 Å². The molecule has 0 aliphatic heterocycles. The Hall–Kier alpha value is -2.07. The van der Waals surface area contributed by atoms with Crippen LogP contribution < -0.4 is 14.8 Å². The summed E-state index contributed by atoms with van der Waals surface area (Å²) in [5.41, 5.74) is 3.26. The van der Waals surface area contributed by atoms with E-state index in [2.05, 4.69) is 17.2 Å². The van der Waals surface area contributed by atoms with E-state index in [9.17, 15) is 0 Å². The summed E-state index contributed by atoms with van der Waals surface area (Å²) < 4.78 is 11.1. The van der Waals surface area contributed by atoms with Crippen LogP contribution in [-0.2, 0) is 13.1 Å². The number of methoxy groups -OCH3 is 1. The van der Waals surface area contributed by atoms with Crippen LogP contribution in [0.4, 0.5) is 0 Å². The van der Waals surface area contributed by atoms with Crippen LogP contribution in [0, 0.1) is 6.92 Å². The minimum atomic E-state index is 0.695. The Morgan fingerprint density at radius 2 is 1.95 bits per heavy atom. The fourth-order valence-corrected chi connectivity index (χ4v) is 2.19. The van der Waals surface area contributed by atoms with Gasteiger partial charge in [-0.25, -0.2) is 0 Å². The lowest BCUT2D eigenvalue weighted by atomic mass is 10.2. The van der Waals surface area contributed by atoms with E-state index in [4.69, 9.17) is 9.47 Å². The number of aromatic nitrogens is 1. The van der Waals surface area contributed by atoms with Gasteiger partial charge in [-0.15, -0.1) is 0 Å². The minimum Gasteiger partial charge on any atom is -0.493 e. The van der Waals surface area contributed by atoms with Crippen molar-refractivity contribution < 1.29 is 9.47 Å². The van der Waals surface area contributed by atoms with Gasteiger partial charge in [-0.2, -0.15) is 0 Å². The normalized spacial score (nSPS) is 10.5. The first-order chi connectivity index (χ1) is 10.7. The molecule has 2 rings (SSSR count). The van der Waals surface area contributed by atoms with E-state index in [1.54, 1.807) is 7.11 Å². The van der Waals surface area contributed by atoms with Gasteiger partial charge in [0.2, 0.25) is 0 Å². The van der Waals surface area contributed by atoms with Crippen molar-refractivity contribution in [2.24, 2.45) is 0 Å². The molecule has 22 heavy (non-hydrogen) atoms. The SMILES string of the molecule is CCCOc1cc(CNCc2cccc(C)n2)ccc1OC. The summed E-state index contributed by atoms with van der Waals surface area (Å²) in [6.45, 7) is 6.30. The highest BCUT2D eigenvalue weighted by Crippen LogP contribution is 2.28. The van der Waals surface area contributed by atoms with Crippen LogP contribution in [-0.4, -0.2) is 18.7 Å². The molecule has 4 heteroatoms. The first-order valence-electron chi connectivity index (χ1n) is 7.66. The van der Waals surface area contributed by atoms with Crippen molar-refractivity contribution in [2.75, 3.05) is 13.7 Å². The maximum atomic E-state index is 5.73. The van der Waals surface area contributed by atoms with Crippen molar-refractivity contribution in [3.8, 4) is 11.5 Å².